The van der Waals surface area contributed by atoms with Crippen LogP contribution in [0.3, 0.4) is 0 Å². The van der Waals surface area contributed by atoms with E-state index in [0.29, 0.717) is 16.3 Å². The first-order valence-corrected chi connectivity index (χ1v) is 9.24. The number of nitrogens with zero attached hydrogens (tertiary/aromatic N) is 3. The number of benzene rings is 2. The van der Waals surface area contributed by atoms with Crippen LogP contribution in [-0.2, 0) is 14.3 Å². The molecule has 0 saturated carbocycles. The molecule has 1 atom stereocenters. The lowest BCUT2D eigenvalue weighted by atomic mass is 10.00. The number of imidazole rings is 1. The molecule has 9 heteroatoms. The minimum Gasteiger partial charge on any atom is -0.464 e. The Labute approximate surface area is 175 Å². The molecule has 0 saturated heterocycles. The fourth-order valence-electron chi connectivity index (χ4n) is 3.22. The van der Waals surface area contributed by atoms with Crippen LogP contribution in [0, 0.1) is 5.82 Å². The van der Waals surface area contributed by atoms with Crippen molar-refractivity contribution in [2.75, 3.05) is 7.11 Å². The summed E-state index contributed by atoms with van der Waals surface area (Å²) in [5.41, 5.74) is 1.47. The lowest BCUT2D eigenvalue weighted by Gasteiger charge is -2.12. The lowest BCUT2D eigenvalue weighted by Crippen LogP contribution is -2.12. The first-order valence-electron chi connectivity index (χ1n) is 8.87. The first kappa shape index (κ1) is 19.8. The fourth-order valence-corrected chi connectivity index (χ4v) is 3.39. The minimum atomic E-state index is -1.22. The Morgan fingerprint density at radius 1 is 1.17 bits per heavy atom. The zero-order valence-corrected chi connectivity index (χ0v) is 16.7. The summed E-state index contributed by atoms with van der Waals surface area (Å²) in [5, 5.41) is 0.401. The van der Waals surface area contributed by atoms with Gasteiger partial charge in [0.2, 0.25) is 0 Å². The number of aliphatic imine (C=N–C) groups is 1. The third-order valence-corrected chi connectivity index (χ3v) is 4.71. The summed E-state index contributed by atoms with van der Waals surface area (Å²) in [6, 6.07) is 11.1. The van der Waals surface area contributed by atoms with Crippen LogP contribution in [-0.4, -0.2) is 34.3 Å². The molecule has 4 rings (SSSR count). The summed E-state index contributed by atoms with van der Waals surface area (Å²) in [4.78, 5) is 32.6. The highest BCUT2D eigenvalue weighted by atomic mass is 35.5. The zero-order chi connectivity index (χ0) is 21.4. The fraction of sp³-hybridized carbons (Fsp3) is 0.143. The molecule has 0 radical (unpaired) electrons. The van der Waals surface area contributed by atoms with Crippen LogP contribution >= 0.6 is 11.6 Å². The number of hydrogen-bond acceptors (Lipinski definition) is 6. The number of esters is 2. The molecular weight excluding hydrogens is 413 g/mol. The maximum Gasteiger partial charge on any atom is 0.358 e. The van der Waals surface area contributed by atoms with E-state index in [2.05, 4.69) is 9.98 Å². The van der Waals surface area contributed by atoms with E-state index in [9.17, 15) is 14.0 Å². The topological polar surface area (TPSA) is 82.8 Å². The molecule has 0 fully saturated rings. The molecule has 0 spiro atoms. The highest BCUT2D eigenvalue weighted by Gasteiger charge is 2.31. The van der Waals surface area contributed by atoms with Crippen LogP contribution in [0.4, 0.5) is 4.39 Å². The standard InChI is InChI=1S/C21H15ClFN3O4/c1-11(27)30-20-19-24-16(21(28)29-2)10-26(19)17-8-7-12(22)9-14(17)18(25-20)13-5-3-4-6-15(13)23/h3-10,20H,1-2H3. The van der Waals surface area contributed by atoms with E-state index in [-0.39, 0.29) is 22.8 Å². The summed E-state index contributed by atoms with van der Waals surface area (Å²) in [7, 11) is 1.23. The van der Waals surface area contributed by atoms with E-state index in [0.717, 1.165) is 0 Å². The highest BCUT2D eigenvalue weighted by Crippen LogP contribution is 2.33. The van der Waals surface area contributed by atoms with E-state index >= 15 is 0 Å². The second-order valence-corrected chi connectivity index (χ2v) is 6.86. The largest absolute Gasteiger partial charge is 0.464 e. The van der Waals surface area contributed by atoms with Gasteiger partial charge in [-0.3, -0.25) is 9.36 Å². The molecule has 2 aromatic carbocycles. The van der Waals surface area contributed by atoms with Crippen LogP contribution in [0.1, 0.15) is 40.6 Å². The van der Waals surface area contributed by atoms with Crippen LogP contribution in [0.25, 0.3) is 5.69 Å². The van der Waals surface area contributed by atoms with Gasteiger partial charge in [0.1, 0.15) is 5.82 Å². The smallest absolute Gasteiger partial charge is 0.358 e. The van der Waals surface area contributed by atoms with Gasteiger partial charge < -0.3 is 9.47 Å². The van der Waals surface area contributed by atoms with E-state index < -0.39 is 24.0 Å². The van der Waals surface area contributed by atoms with Gasteiger partial charge in [0.25, 0.3) is 6.23 Å². The van der Waals surface area contributed by atoms with Crippen molar-refractivity contribution in [3.63, 3.8) is 0 Å². The lowest BCUT2D eigenvalue weighted by molar-refractivity contribution is -0.146. The number of hydrogen-bond donors (Lipinski definition) is 0. The van der Waals surface area contributed by atoms with Gasteiger partial charge >= 0.3 is 11.9 Å². The van der Waals surface area contributed by atoms with Crippen molar-refractivity contribution in [1.29, 1.82) is 0 Å². The number of aromatic nitrogens is 2. The number of ether oxygens (including phenoxy) is 2. The highest BCUT2D eigenvalue weighted by molar-refractivity contribution is 6.31. The Balaban J connectivity index is 2.03. The van der Waals surface area contributed by atoms with Gasteiger partial charge in [-0.05, 0) is 30.3 Å². The van der Waals surface area contributed by atoms with Crippen molar-refractivity contribution < 1.29 is 23.5 Å². The molecule has 3 aromatic rings. The van der Waals surface area contributed by atoms with Gasteiger partial charge in [0.15, 0.2) is 11.5 Å². The summed E-state index contributed by atoms with van der Waals surface area (Å²) in [6.07, 6.45) is 0.228. The molecule has 1 aliphatic rings. The zero-order valence-electron chi connectivity index (χ0n) is 15.9. The van der Waals surface area contributed by atoms with Crippen LogP contribution in [0.15, 0.2) is 53.7 Å². The Hall–Kier alpha value is -3.52. The Morgan fingerprint density at radius 2 is 1.93 bits per heavy atom. The molecule has 0 bridgehead atoms. The van der Waals surface area contributed by atoms with E-state index in [1.807, 2.05) is 0 Å². The van der Waals surface area contributed by atoms with Crippen molar-refractivity contribution in [1.82, 2.24) is 9.55 Å². The Morgan fingerprint density at radius 3 is 2.63 bits per heavy atom. The summed E-state index contributed by atoms with van der Waals surface area (Å²) in [6.45, 7) is 1.22. The van der Waals surface area contributed by atoms with Gasteiger partial charge in [-0.2, -0.15) is 0 Å². The van der Waals surface area contributed by atoms with Crippen molar-refractivity contribution in [3.05, 3.63) is 82.1 Å². The predicted molar refractivity (Wildman–Crippen MR) is 106 cm³/mol. The molecule has 1 unspecified atom stereocenters. The summed E-state index contributed by atoms with van der Waals surface area (Å²) in [5.74, 6) is -1.61. The van der Waals surface area contributed by atoms with Gasteiger partial charge in [-0.1, -0.05) is 23.7 Å². The Bertz CT molecular complexity index is 1200. The maximum absolute atomic E-state index is 14.7. The molecule has 2 heterocycles. The number of carbonyl (C=O) groups excluding carboxylic acids is 2. The number of carbonyl (C=O) groups is 2. The van der Waals surface area contributed by atoms with E-state index in [1.165, 1.54) is 26.3 Å². The summed E-state index contributed by atoms with van der Waals surface area (Å²) < 4.78 is 26.3. The second kappa shape index (κ2) is 7.72. The molecule has 1 aromatic heterocycles. The third kappa shape index (κ3) is 3.46. The molecule has 0 aliphatic carbocycles. The van der Waals surface area contributed by atoms with E-state index in [4.69, 9.17) is 21.1 Å². The van der Waals surface area contributed by atoms with Crippen LogP contribution in [0.2, 0.25) is 5.02 Å². The van der Waals surface area contributed by atoms with Crippen molar-refractivity contribution in [2.24, 2.45) is 4.99 Å². The van der Waals surface area contributed by atoms with Crippen LogP contribution < -0.4 is 0 Å². The van der Waals surface area contributed by atoms with Crippen molar-refractivity contribution in [2.45, 2.75) is 13.2 Å². The number of rotatable bonds is 3. The van der Waals surface area contributed by atoms with Gasteiger partial charge in [0.05, 0.1) is 18.5 Å². The van der Waals surface area contributed by atoms with Gasteiger partial charge in [0, 0.05) is 29.3 Å². The second-order valence-electron chi connectivity index (χ2n) is 6.43. The van der Waals surface area contributed by atoms with Gasteiger partial charge in [-0.25, -0.2) is 19.2 Å². The average molecular weight is 428 g/mol. The third-order valence-electron chi connectivity index (χ3n) is 4.47. The number of fused-ring (bicyclic) bond motifs is 3. The average Bonchev–Trinajstić information content (AvgIpc) is 3.11. The quantitative estimate of drug-likeness (QED) is 0.593. The van der Waals surface area contributed by atoms with Crippen LogP contribution in [0.5, 0.6) is 0 Å². The number of methoxy groups -OCH3 is 1. The molecule has 0 amide bonds. The first-order chi connectivity index (χ1) is 14.4. The number of halogens is 2. The SMILES string of the molecule is COC(=O)c1cn2c(n1)C(OC(C)=O)N=C(c1ccccc1F)c1cc(Cl)ccc1-2. The molecule has 30 heavy (non-hydrogen) atoms. The van der Waals surface area contributed by atoms with Crippen molar-refractivity contribution in [3.8, 4) is 5.69 Å². The monoisotopic (exact) mass is 427 g/mol. The molecule has 0 N–H and O–H groups in total. The molecule has 152 valence electrons. The molecular formula is C21H15ClFN3O4. The normalized spacial score (nSPS) is 14.8. The molecule has 7 nitrogen and oxygen atoms in total. The van der Waals surface area contributed by atoms with Crippen molar-refractivity contribution >= 4 is 29.3 Å². The summed E-state index contributed by atoms with van der Waals surface area (Å²) >= 11 is 6.22. The minimum absolute atomic E-state index is 0.00935. The maximum atomic E-state index is 14.7. The molecule has 1 aliphatic heterocycles. The van der Waals surface area contributed by atoms with E-state index in [1.54, 1.807) is 41.0 Å². The Kier molecular flexibility index (Phi) is 5.09. The predicted octanol–water partition coefficient (Wildman–Crippen LogP) is 3.86. The van der Waals surface area contributed by atoms with Gasteiger partial charge in [-0.15, -0.1) is 0 Å².